The summed E-state index contributed by atoms with van der Waals surface area (Å²) in [5, 5.41) is 3.06. The van der Waals surface area contributed by atoms with E-state index in [0.29, 0.717) is 6.04 Å². The zero-order valence-electron chi connectivity index (χ0n) is 11.7. The van der Waals surface area contributed by atoms with E-state index >= 15 is 0 Å². The number of nitrogens with zero attached hydrogens (tertiary/aromatic N) is 1. The van der Waals surface area contributed by atoms with Crippen LogP contribution in [0.25, 0.3) is 0 Å². The molecule has 0 bridgehead atoms. The largest absolute Gasteiger partial charge is 0.364 e. The van der Waals surface area contributed by atoms with Crippen LogP contribution in [0.15, 0.2) is 35.7 Å². The minimum Gasteiger partial charge on any atom is -0.364 e. The summed E-state index contributed by atoms with van der Waals surface area (Å²) in [5.74, 6) is 0. The fourth-order valence-corrected chi connectivity index (χ4v) is 3.29. The number of halogens is 1. The van der Waals surface area contributed by atoms with Crippen LogP contribution in [-0.2, 0) is 11.9 Å². The van der Waals surface area contributed by atoms with Crippen LogP contribution in [0.3, 0.4) is 0 Å². The van der Waals surface area contributed by atoms with Crippen molar-refractivity contribution in [1.29, 1.82) is 0 Å². The van der Waals surface area contributed by atoms with Crippen molar-refractivity contribution >= 4 is 33.0 Å². The molecule has 0 aliphatic carbocycles. The first-order valence-corrected chi connectivity index (χ1v) is 8.56. The van der Waals surface area contributed by atoms with E-state index in [4.69, 9.17) is 0 Å². The summed E-state index contributed by atoms with van der Waals surface area (Å²) in [4.78, 5) is 3.89. The smallest absolute Gasteiger partial charge is 0.0525 e. The third kappa shape index (κ3) is 3.61. The number of anilines is 1. The van der Waals surface area contributed by atoms with Crippen LogP contribution in [0.5, 0.6) is 0 Å². The molecule has 1 nitrogen and oxygen atoms in total. The van der Waals surface area contributed by atoms with E-state index in [0.717, 1.165) is 11.9 Å². The monoisotopic (exact) mass is 337 g/mol. The molecule has 0 saturated heterocycles. The Morgan fingerprint density at radius 1 is 1.26 bits per heavy atom. The van der Waals surface area contributed by atoms with Gasteiger partial charge in [0.25, 0.3) is 0 Å². The van der Waals surface area contributed by atoms with Gasteiger partial charge in [0, 0.05) is 21.9 Å². The summed E-state index contributed by atoms with van der Waals surface area (Å²) in [6.45, 7) is 7.70. The van der Waals surface area contributed by atoms with E-state index in [1.165, 1.54) is 21.7 Å². The lowest BCUT2D eigenvalue weighted by molar-refractivity contribution is 0.685. The van der Waals surface area contributed by atoms with Crippen molar-refractivity contribution in [2.24, 2.45) is 0 Å². The molecule has 1 heterocycles. The summed E-state index contributed by atoms with van der Waals surface area (Å²) in [5.41, 5.74) is 4.02. The molecule has 3 heteroatoms. The van der Waals surface area contributed by atoms with Gasteiger partial charge in [-0.25, -0.2) is 0 Å². The van der Waals surface area contributed by atoms with Gasteiger partial charge in [-0.1, -0.05) is 34.1 Å². The van der Waals surface area contributed by atoms with Crippen LogP contribution < -0.4 is 4.90 Å². The molecule has 102 valence electrons. The van der Waals surface area contributed by atoms with Gasteiger partial charge in [-0.2, -0.15) is 0 Å². The van der Waals surface area contributed by atoms with Crippen LogP contribution in [0.4, 0.5) is 5.69 Å². The van der Waals surface area contributed by atoms with Gasteiger partial charge in [-0.05, 0) is 49.4 Å². The SMILES string of the molecule is Cc1cc(CBr)ccc1N(Cc1cccs1)C(C)C. The highest BCUT2D eigenvalue weighted by Crippen LogP contribution is 2.27. The number of hydrogen-bond donors (Lipinski definition) is 0. The van der Waals surface area contributed by atoms with Crippen molar-refractivity contribution in [2.45, 2.75) is 38.7 Å². The molecule has 0 radical (unpaired) electrons. The number of rotatable bonds is 5. The Kier molecular flexibility index (Phi) is 5.06. The quantitative estimate of drug-likeness (QED) is 0.663. The molecule has 0 saturated carbocycles. The summed E-state index contributed by atoms with van der Waals surface area (Å²) in [7, 11) is 0. The number of aryl methyl sites for hydroxylation is 1. The van der Waals surface area contributed by atoms with E-state index in [1.807, 2.05) is 11.3 Å². The van der Waals surface area contributed by atoms with E-state index in [9.17, 15) is 0 Å². The maximum absolute atomic E-state index is 3.52. The first-order chi connectivity index (χ1) is 9.11. The van der Waals surface area contributed by atoms with Crippen LogP contribution in [0.1, 0.15) is 29.9 Å². The Labute approximate surface area is 128 Å². The molecule has 2 aromatic rings. The lowest BCUT2D eigenvalue weighted by atomic mass is 10.1. The Bertz CT molecular complexity index is 520. The summed E-state index contributed by atoms with van der Waals surface area (Å²) in [6, 6.07) is 11.6. The molecular formula is C16H20BrNS. The molecule has 0 unspecified atom stereocenters. The fourth-order valence-electron chi connectivity index (χ4n) is 2.24. The molecule has 0 atom stereocenters. The fraction of sp³-hybridized carbons (Fsp3) is 0.375. The summed E-state index contributed by atoms with van der Waals surface area (Å²) < 4.78 is 0. The van der Waals surface area contributed by atoms with Crippen molar-refractivity contribution in [2.75, 3.05) is 4.90 Å². The van der Waals surface area contributed by atoms with Crippen molar-refractivity contribution in [1.82, 2.24) is 0 Å². The van der Waals surface area contributed by atoms with Gasteiger partial charge < -0.3 is 4.90 Å². The predicted molar refractivity (Wildman–Crippen MR) is 89.4 cm³/mol. The molecular weight excluding hydrogens is 318 g/mol. The predicted octanol–water partition coefficient (Wildman–Crippen LogP) is 5.37. The second kappa shape index (κ2) is 6.58. The minimum atomic E-state index is 0.496. The second-order valence-corrected chi connectivity index (χ2v) is 6.65. The molecule has 0 aliphatic rings. The van der Waals surface area contributed by atoms with Gasteiger partial charge in [-0.3, -0.25) is 0 Å². The van der Waals surface area contributed by atoms with Gasteiger partial charge >= 0.3 is 0 Å². The molecule has 0 spiro atoms. The Hall–Kier alpha value is -0.800. The average molecular weight is 338 g/mol. The number of alkyl halides is 1. The molecule has 0 amide bonds. The minimum absolute atomic E-state index is 0.496. The van der Waals surface area contributed by atoms with Gasteiger partial charge in [0.05, 0.1) is 6.54 Å². The topological polar surface area (TPSA) is 3.24 Å². The highest BCUT2D eigenvalue weighted by atomic mass is 79.9. The van der Waals surface area contributed by atoms with Gasteiger partial charge in [-0.15, -0.1) is 11.3 Å². The first-order valence-electron chi connectivity index (χ1n) is 6.56. The maximum atomic E-state index is 3.52. The van der Waals surface area contributed by atoms with E-state index in [1.54, 1.807) is 0 Å². The van der Waals surface area contributed by atoms with Crippen LogP contribution in [-0.4, -0.2) is 6.04 Å². The van der Waals surface area contributed by atoms with Crippen LogP contribution >= 0.6 is 27.3 Å². The third-order valence-electron chi connectivity index (χ3n) is 3.25. The van der Waals surface area contributed by atoms with E-state index in [2.05, 4.69) is 77.3 Å². The zero-order valence-corrected chi connectivity index (χ0v) is 14.1. The van der Waals surface area contributed by atoms with Gasteiger partial charge in [0.2, 0.25) is 0 Å². The van der Waals surface area contributed by atoms with Crippen molar-refractivity contribution in [3.8, 4) is 0 Å². The third-order valence-corrected chi connectivity index (χ3v) is 4.76. The summed E-state index contributed by atoms with van der Waals surface area (Å²) in [6.07, 6.45) is 0. The highest BCUT2D eigenvalue weighted by molar-refractivity contribution is 9.08. The van der Waals surface area contributed by atoms with Gasteiger partial charge in [0.1, 0.15) is 0 Å². The van der Waals surface area contributed by atoms with Gasteiger partial charge in [0.15, 0.2) is 0 Å². The van der Waals surface area contributed by atoms with Crippen molar-refractivity contribution in [3.63, 3.8) is 0 Å². The van der Waals surface area contributed by atoms with Crippen LogP contribution in [0, 0.1) is 6.92 Å². The Morgan fingerprint density at radius 3 is 2.58 bits per heavy atom. The lowest BCUT2D eigenvalue weighted by Gasteiger charge is -2.30. The van der Waals surface area contributed by atoms with E-state index in [-0.39, 0.29) is 0 Å². The van der Waals surface area contributed by atoms with Crippen molar-refractivity contribution in [3.05, 3.63) is 51.7 Å². The maximum Gasteiger partial charge on any atom is 0.0525 e. The number of thiophene rings is 1. The highest BCUT2D eigenvalue weighted by Gasteiger charge is 2.14. The normalized spacial score (nSPS) is 11.0. The number of benzene rings is 1. The average Bonchev–Trinajstić information content (AvgIpc) is 2.89. The van der Waals surface area contributed by atoms with E-state index < -0.39 is 0 Å². The molecule has 0 fully saturated rings. The molecule has 0 aliphatic heterocycles. The molecule has 19 heavy (non-hydrogen) atoms. The molecule has 0 N–H and O–H groups in total. The Morgan fingerprint density at radius 2 is 2.05 bits per heavy atom. The summed E-state index contributed by atoms with van der Waals surface area (Å²) >= 11 is 5.35. The molecule has 1 aromatic carbocycles. The standard InChI is InChI=1S/C16H20BrNS/c1-12(2)18(11-15-5-4-8-19-15)16-7-6-14(10-17)9-13(16)3/h4-9,12H,10-11H2,1-3H3. The first kappa shape index (κ1) is 14.6. The second-order valence-electron chi connectivity index (χ2n) is 5.06. The zero-order chi connectivity index (χ0) is 13.8. The van der Waals surface area contributed by atoms with Crippen LogP contribution in [0.2, 0.25) is 0 Å². The Balaban J connectivity index is 2.28. The molecule has 2 rings (SSSR count). The number of hydrogen-bond acceptors (Lipinski definition) is 2. The van der Waals surface area contributed by atoms with Crippen molar-refractivity contribution < 1.29 is 0 Å². The lowest BCUT2D eigenvalue weighted by Crippen LogP contribution is -2.30. The molecule has 1 aromatic heterocycles.